The Kier molecular flexibility index (Phi) is 5.99. The van der Waals surface area contributed by atoms with Gasteiger partial charge in [0.2, 0.25) is 5.91 Å². The number of nitrogens with zero attached hydrogens (tertiary/aromatic N) is 2. The van der Waals surface area contributed by atoms with E-state index in [1.54, 1.807) is 0 Å². The molecule has 1 aliphatic rings. The Labute approximate surface area is 176 Å². The highest BCUT2D eigenvalue weighted by Gasteiger charge is 2.24. The second-order valence-corrected chi connectivity index (χ2v) is 8.16. The molecule has 30 heavy (non-hydrogen) atoms. The van der Waals surface area contributed by atoms with Crippen LogP contribution in [0.1, 0.15) is 43.4 Å². The Morgan fingerprint density at radius 1 is 1.10 bits per heavy atom. The molecule has 158 valence electrons. The Morgan fingerprint density at radius 3 is 2.50 bits per heavy atom. The lowest BCUT2D eigenvalue weighted by Crippen LogP contribution is -2.40. The van der Waals surface area contributed by atoms with E-state index >= 15 is 0 Å². The van der Waals surface area contributed by atoms with Crippen molar-refractivity contribution in [1.29, 1.82) is 0 Å². The molecule has 0 radical (unpaired) electrons. The SMILES string of the molecule is Cc1[nH]c2nc(-c3ccccc3)nc(NC3CCC(NC(=O)CCN)CC3)c2c1C. The molecule has 0 spiro atoms. The van der Waals surface area contributed by atoms with Crippen molar-refractivity contribution in [2.75, 3.05) is 11.9 Å². The molecule has 0 atom stereocenters. The number of benzene rings is 1. The number of fused-ring (bicyclic) bond motifs is 1. The van der Waals surface area contributed by atoms with Crippen LogP contribution in [0, 0.1) is 13.8 Å². The highest BCUT2D eigenvalue weighted by Crippen LogP contribution is 2.31. The average molecular weight is 407 g/mol. The monoisotopic (exact) mass is 406 g/mol. The van der Waals surface area contributed by atoms with Crippen LogP contribution in [0.4, 0.5) is 5.82 Å². The lowest BCUT2D eigenvalue weighted by Gasteiger charge is -2.30. The number of anilines is 1. The summed E-state index contributed by atoms with van der Waals surface area (Å²) in [7, 11) is 0. The summed E-state index contributed by atoms with van der Waals surface area (Å²) in [5.41, 5.74) is 9.62. The summed E-state index contributed by atoms with van der Waals surface area (Å²) in [6, 6.07) is 10.6. The summed E-state index contributed by atoms with van der Waals surface area (Å²) >= 11 is 0. The molecule has 7 heteroatoms. The van der Waals surface area contributed by atoms with Crippen LogP contribution in [0.2, 0.25) is 0 Å². The van der Waals surface area contributed by atoms with Crippen molar-refractivity contribution in [2.45, 2.75) is 58.0 Å². The van der Waals surface area contributed by atoms with E-state index in [4.69, 9.17) is 15.7 Å². The first-order chi connectivity index (χ1) is 14.5. The molecule has 1 aliphatic carbocycles. The minimum atomic E-state index is 0.0531. The number of carbonyl (C=O) groups excluding carboxylic acids is 1. The fourth-order valence-electron chi connectivity index (χ4n) is 4.19. The van der Waals surface area contributed by atoms with E-state index in [0.717, 1.165) is 59.6 Å². The Balaban J connectivity index is 1.54. The van der Waals surface area contributed by atoms with Crippen LogP contribution in [-0.2, 0) is 4.79 Å². The molecule has 0 aliphatic heterocycles. The van der Waals surface area contributed by atoms with Gasteiger partial charge in [0, 0.05) is 36.3 Å². The number of H-pyrrole nitrogens is 1. The van der Waals surface area contributed by atoms with Crippen LogP contribution in [0.25, 0.3) is 22.4 Å². The second kappa shape index (κ2) is 8.83. The molecule has 2 aromatic heterocycles. The zero-order valence-corrected chi connectivity index (χ0v) is 17.7. The standard InChI is InChI=1S/C23H30N6O/c1-14-15(2)25-22-20(14)23(29-21(28-22)16-6-4-3-5-7-16)27-18-10-8-17(9-11-18)26-19(30)12-13-24/h3-7,17-18H,8-13,24H2,1-2H3,(H,26,30)(H2,25,27,28,29). The Hall–Kier alpha value is -2.93. The number of hydrogen-bond donors (Lipinski definition) is 4. The van der Waals surface area contributed by atoms with Crippen molar-refractivity contribution in [1.82, 2.24) is 20.3 Å². The molecule has 1 fully saturated rings. The minimum absolute atomic E-state index is 0.0531. The molecule has 4 rings (SSSR count). The van der Waals surface area contributed by atoms with Crippen molar-refractivity contribution in [3.8, 4) is 11.4 Å². The van der Waals surface area contributed by atoms with Gasteiger partial charge in [-0.3, -0.25) is 4.79 Å². The van der Waals surface area contributed by atoms with Gasteiger partial charge in [0.15, 0.2) is 5.82 Å². The summed E-state index contributed by atoms with van der Waals surface area (Å²) in [6.07, 6.45) is 4.29. The second-order valence-electron chi connectivity index (χ2n) is 8.16. The number of nitrogens with two attached hydrogens (primary N) is 1. The van der Waals surface area contributed by atoms with Gasteiger partial charge in [-0.25, -0.2) is 9.97 Å². The summed E-state index contributed by atoms with van der Waals surface area (Å²) in [6.45, 7) is 4.57. The Bertz CT molecular complexity index is 1020. The zero-order chi connectivity index (χ0) is 21.1. The molecule has 0 unspecified atom stereocenters. The fourth-order valence-corrected chi connectivity index (χ4v) is 4.19. The molecule has 3 aromatic rings. The highest BCUT2D eigenvalue weighted by atomic mass is 16.1. The van der Waals surface area contributed by atoms with Crippen molar-refractivity contribution in [3.63, 3.8) is 0 Å². The first-order valence-electron chi connectivity index (χ1n) is 10.7. The van der Waals surface area contributed by atoms with Crippen LogP contribution in [0.15, 0.2) is 30.3 Å². The first kappa shape index (κ1) is 20.3. The van der Waals surface area contributed by atoms with E-state index in [1.807, 2.05) is 30.3 Å². The van der Waals surface area contributed by atoms with E-state index in [0.29, 0.717) is 19.0 Å². The summed E-state index contributed by atoms with van der Waals surface area (Å²) in [5.74, 6) is 1.66. The molecule has 7 nitrogen and oxygen atoms in total. The normalized spacial score (nSPS) is 19.0. The maximum Gasteiger partial charge on any atom is 0.221 e. The van der Waals surface area contributed by atoms with E-state index in [-0.39, 0.29) is 11.9 Å². The first-order valence-corrected chi connectivity index (χ1v) is 10.7. The average Bonchev–Trinajstić information content (AvgIpc) is 3.04. The van der Waals surface area contributed by atoms with E-state index in [1.165, 1.54) is 5.56 Å². The van der Waals surface area contributed by atoms with Gasteiger partial charge in [0.05, 0.1) is 5.39 Å². The maximum atomic E-state index is 11.8. The van der Waals surface area contributed by atoms with Crippen LogP contribution in [-0.4, -0.2) is 39.5 Å². The number of carbonyl (C=O) groups is 1. The van der Waals surface area contributed by atoms with Gasteiger partial charge in [-0.15, -0.1) is 0 Å². The van der Waals surface area contributed by atoms with Crippen molar-refractivity contribution < 1.29 is 4.79 Å². The van der Waals surface area contributed by atoms with E-state index in [9.17, 15) is 4.79 Å². The molecular formula is C23H30N6O. The molecule has 0 saturated heterocycles. The smallest absolute Gasteiger partial charge is 0.221 e. The third-order valence-corrected chi connectivity index (χ3v) is 5.99. The molecule has 0 bridgehead atoms. The topological polar surface area (TPSA) is 109 Å². The van der Waals surface area contributed by atoms with Crippen molar-refractivity contribution in [2.24, 2.45) is 5.73 Å². The molecular weight excluding hydrogens is 376 g/mol. The quantitative estimate of drug-likeness (QED) is 0.501. The van der Waals surface area contributed by atoms with Crippen LogP contribution in [0.5, 0.6) is 0 Å². The van der Waals surface area contributed by atoms with Gasteiger partial charge in [-0.2, -0.15) is 0 Å². The third-order valence-electron chi connectivity index (χ3n) is 5.99. The van der Waals surface area contributed by atoms with Gasteiger partial charge in [0.1, 0.15) is 11.5 Å². The largest absolute Gasteiger partial charge is 0.367 e. The summed E-state index contributed by atoms with van der Waals surface area (Å²) < 4.78 is 0. The van der Waals surface area contributed by atoms with Crippen LogP contribution >= 0.6 is 0 Å². The fraction of sp³-hybridized carbons (Fsp3) is 0.435. The van der Waals surface area contributed by atoms with Crippen molar-refractivity contribution >= 4 is 22.8 Å². The Morgan fingerprint density at radius 2 is 1.80 bits per heavy atom. The van der Waals surface area contributed by atoms with Gasteiger partial charge >= 0.3 is 0 Å². The predicted molar refractivity (Wildman–Crippen MR) is 120 cm³/mol. The maximum absolute atomic E-state index is 11.8. The predicted octanol–water partition coefficient (Wildman–Crippen LogP) is 3.43. The van der Waals surface area contributed by atoms with Crippen molar-refractivity contribution in [3.05, 3.63) is 41.6 Å². The number of aryl methyl sites for hydroxylation is 2. The minimum Gasteiger partial charge on any atom is -0.367 e. The summed E-state index contributed by atoms with van der Waals surface area (Å²) in [5, 5.41) is 7.84. The van der Waals surface area contributed by atoms with E-state index < -0.39 is 0 Å². The number of hydrogen-bond acceptors (Lipinski definition) is 5. The third kappa shape index (κ3) is 4.31. The van der Waals surface area contributed by atoms with Gasteiger partial charge in [0.25, 0.3) is 0 Å². The number of rotatable bonds is 6. The van der Waals surface area contributed by atoms with Gasteiger partial charge in [-0.1, -0.05) is 30.3 Å². The lowest BCUT2D eigenvalue weighted by atomic mass is 9.91. The molecule has 1 aromatic carbocycles. The molecule has 1 saturated carbocycles. The molecule has 2 heterocycles. The lowest BCUT2D eigenvalue weighted by molar-refractivity contribution is -0.121. The number of aromatic nitrogens is 3. The van der Waals surface area contributed by atoms with Crippen LogP contribution < -0.4 is 16.4 Å². The zero-order valence-electron chi connectivity index (χ0n) is 17.7. The van der Waals surface area contributed by atoms with Crippen LogP contribution in [0.3, 0.4) is 0 Å². The number of nitrogens with one attached hydrogen (secondary N) is 3. The number of amides is 1. The molecule has 5 N–H and O–H groups in total. The highest BCUT2D eigenvalue weighted by molar-refractivity contribution is 5.92. The molecule has 1 amide bonds. The van der Waals surface area contributed by atoms with E-state index in [2.05, 4.69) is 29.5 Å². The van der Waals surface area contributed by atoms with Gasteiger partial charge in [-0.05, 0) is 45.1 Å². The summed E-state index contributed by atoms with van der Waals surface area (Å²) in [4.78, 5) is 24.9. The number of aromatic amines is 1. The van der Waals surface area contributed by atoms with Gasteiger partial charge < -0.3 is 21.4 Å².